The Morgan fingerprint density at radius 2 is 2.27 bits per heavy atom. The van der Waals surface area contributed by atoms with E-state index in [4.69, 9.17) is 11.5 Å². The predicted octanol–water partition coefficient (Wildman–Crippen LogP) is 0.287. The Hall–Kier alpha value is -0.410. The minimum Gasteiger partial charge on any atom is -0.330 e. The fourth-order valence-corrected chi connectivity index (χ4v) is 1.37. The molecule has 0 aliphatic carbocycles. The highest BCUT2D eigenvalue weighted by Crippen LogP contribution is 2.08. The van der Waals surface area contributed by atoms with Crippen LogP contribution in [0.5, 0.6) is 0 Å². The van der Waals surface area contributed by atoms with Crippen molar-refractivity contribution in [3.05, 3.63) is 0 Å². The van der Waals surface area contributed by atoms with Gasteiger partial charge in [0.2, 0.25) is 0 Å². The lowest BCUT2D eigenvalue weighted by molar-refractivity contribution is 0.679. The van der Waals surface area contributed by atoms with E-state index >= 15 is 0 Å². The molecule has 1 aliphatic rings. The topological polar surface area (TPSA) is 64.4 Å². The molecule has 0 saturated heterocycles. The average Bonchev–Trinajstić information content (AvgIpc) is 2.07. The normalized spacial score (nSPS) is 21.1. The van der Waals surface area contributed by atoms with Crippen LogP contribution in [-0.4, -0.2) is 24.8 Å². The molecule has 0 amide bonds. The summed E-state index contributed by atoms with van der Waals surface area (Å²) in [6.07, 6.45) is 4.43. The number of aliphatic imine (C=N–C) groups is 1. The second-order valence-electron chi connectivity index (χ2n) is 3.01. The van der Waals surface area contributed by atoms with Gasteiger partial charge in [0.05, 0.1) is 0 Å². The van der Waals surface area contributed by atoms with E-state index in [0.29, 0.717) is 6.54 Å². The minimum absolute atomic E-state index is 0.125. The number of hydrogen-bond donors (Lipinski definition) is 2. The second-order valence-corrected chi connectivity index (χ2v) is 3.01. The van der Waals surface area contributed by atoms with Gasteiger partial charge in [0.15, 0.2) is 0 Å². The van der Waals surface area contributed by atoms with Crippen molar-refractivity contribution in [1.29, 1.82) is 0 Å². The van der Waals surface area contributed by atoms with Gasteiger partial charge >= 0.3 is 0 Å². The largest absolute Gasteiger partial charge is 0.330 e. The lowest BCUT2D eigenvalue weighted by atomic mass is 10.0. The van der Waals surface area contributed by atoms with Crippen molar-refractivity contribution in [3.63, 3.8) is 0 Å². The molecule has 0 aromatic rings. The number of nitrogens with zero attached hydrogens (tertiary/aromatic N) is 1. The van der Waals surface area contributed by atoms with Gasteiger partial charge in [-0.25, -0.2) is 0 Å². The van der Waals surface area contributed by atoms with Crippen LogP contribution >= 0.6 is 0 Å². The number of nitrogens with two attached hydrogens (primary N) is 2. The van der Waals surface area contributed by atoms with Crippen molar-refractivity contribution in [1.82, 2.24) is 0 Å². The fraction of sp³-hybridized carbons (Fsp3) is 0.875. The Bertz CT molecular complexity index is 142. The fourth-order valence-electron chi connectivity index (χ4n) is 1.37. The van der Waals surface area contributed by atoms with Crippen molar-refractivity contribution in [2.24, 2.45) is 16.5 Å². The minimum atomic E-state index is 0.125. The summed E-state index contributed by atoms with van der Waals surface area (Å²) in [5.41, 5.74) is 12.4. The Balaban J connectivity index is 2.37. The van der Waals surface area contributed by atoms with Gasteiger partial charge in [0.1, 0.15) is 0 Å². The van der Waals surface area contributed by atoms with Crippen molar-refractivity contribution in [3.8, 4) is 0 Å². The summed E-state index contributed by atoms with van der Waals surface area (Å²) < 4.78 is 0. The van der Waals surface area contributed by atoms with Crippen LogP contribution in [0.2, 0.25) is 0 Å². The van der Waals surface area contributed by atoms with Gasteiger partial charge in [-0.3, -0.25) is 4.99 Å². The van der Waals surface area contributed by atoms with E-state index in [1.165, 1.54) is 18.6 Å². The van der Waals surface area contributed by atoms with Crippen LogP contribution in [0, 0.1) is 0 Å². The zero-order chi connectivity index (χ0) is 8.10. The van der Waals surface area contributed by atoms with Crippen molar-refractivity contribution in [2.75, 3.05) is 13.1 Å². The molecule has 1 atom stereocenters. The zero-order valence-corrected chi connectivity index (χ0v) is 6.92. The quantitative estimate of drug-likeness (QED) is 0.615. The summed E-state index contributed by atoms with van der Waals surface area (Å²) in [6, 6.07) is 0.125. The van der Waals surface area contributed by atoms with E-state index in [9.17, 15) is 0 Å². The van der Waals surface area contributed by atoms with E-state index in [2.05, 4.69) is 4.99 Å². The molecule has 3 heteroatoms. The molecule has 0 spiro atoms. The van der Waals surface area contributed by atoms with E-state index in [1.54, 1.807) is 0 Å². The van der Waals surface area contributed by atoms with Crippen molar-refractivity contribution in [2.45, 2.75) is 31.7 Å². The van der Waals surface area contributed by atoms with Crippen LogP contribution in [0.1, 0.15) is 25.7 Å². The SMILES string of the molecule is NCCC(N)C1=NCCCC1. The number of hydrogen-bond acceptors (Lipinski definition) is 3. The highest BCUT2D eigenvalue weighted by Gasteiger charge is 2.12. The van der Waals surface area contributed by atoms with E-state index in [0.717, 1.165) is 19.4 Å². The van der Waals surface area contributed by atoms with Crippen LogP contribution in [0.4, 0.5) is 0 Å². The molecule has 0 aromatic heterocycles. The third-order valence-electron chi connectivity index (χ3n) is 2.06. The molecule has 1 aliphatic heterocycles. The molecule has 3 nitrogen and oxygen atoms in total. The third-order valence-corrected chi connectivity index (χ3v) is 2.06. The molecule has 4 N–H and O–H groups in total. The summed E-state index contributed by atoms with van der Waals surface area (Å²) >= 11 is 0. The van der Waals surface area contributed by atoms with Gasteiger partial charge in [-0.05, 0) is 32.2 Å². The molecule has 0 radical (unpaired) electrons. The molecule has 0 bridgehead atoms. The second kappa shape index (κ2) is 4.46. The molecule has 64 valence electrons. The van der Waals surface area contributed by atoms with Crippen LogP contribution in [0.15, 0.2) is 4.99 Å². The van der Waals surface area contributed by atoms with Crippen LogP contribution in [0.25, 0.3) is 0 Å². The average molecular weight is 155 g/mol. The Kier molecular flexibility index (Phi) is 3.52. The molecular weight excluding hydrogens is 138 g/mol. The van der Waals surface area contributed by atoms with Crippen molar-refractivity contribution >= 4 is 5.71 Å². The monoisotopic (exact) mass is 155 g/mol. The Labute approximate surface area is 67.9 Å². The summed E-state index contributed by atoms with van der Waals surface area (Å²) in [5.74, 6) is 0. The first kappa shape index (κ1) is 8.68. The maximum atomic E-state index is 5.85. The highest BCUT2D eigenvalue weighted by molar-refractivity contribution is 5.89. The van der Waals surface area contributed by atoms with Gasteiger partial charge in [-0.15, -0.1) is 0 Å². The predicted molar refractivity (Wildman–Crippen MR) is 47.8 cm³/mol. The first-order valence-corrected chi connectivity index (χ1v) is 4.33. The zero-order valence-electron chi connectivity index (χ0n) is 6.92. The number of rotatable bonds is 3. The first-order chi connectivity index (χ1) is 5.34. The summed E-state index contributed by atoms with van der Waals surface area (Å²) in [5, 5.41) is 0. The van der Waals surface area contributed by atoms with Gasteiger partial charge in [-0.1, -0.05) is 0 Å². The molecule has 11 heavy (non-hydrogen) atoms. The summed E-state index contributed by atoms with van der Waals surface area (Å²) in [7, 11) is 0. The maximum absolute atomic E-state index is 5.85. The third kappa shape index (κ3) is 2.60. The smallest absolute Gasteiger partial charge is 0.0437 e. The standard InChI is InChI=1S/C8H17N3/c9-5-4-7(10)8-3-1-2-6-11-8/h7H,1-6,9-10H2. The lowest BCUT2D eigenvalue weighted by Crippen LogP contribution is -2.34. The van der Waals surface area contributed by atoms with Gasteiger partial charge < -0.3 is 11.5 Å². The molecule has 1 heterocycles. The molecule has 0 aromatic carbocycles. The Morgan fingerprint density at radius 3 is 2.82 bits per heavy atom. The molecule has 1 unspecified atom stereocenters. The van der Waals surface area contributed by atoms with Gasteiger partial charge in [-0.2, -0.15) is 0 Å². The summed E-state index contributed by atoms with van der Waals surface area (Å²) in [6.45, 7) is 1.63. The first-order valence-electron chi connectivity index (χ1n) is 4.33. The van der Waals surface area contributed by atoms with E-state index in [-0.39, 0.29) is 6.04 Å². The van der Waals surface area contributed by atoms with Crippen LogP contribution < -0.4 is 11.5 Å². The molecule has 1 rings (SSSR count). The van der Waals surface area contributed by atoms with Gasteiger partial charge in [0, 0.05) is 18.3 Å². The highest BCUT2D eigenvalue weighted by atomic mass is 14.8. The van der Waals surface area contributed by atoms with E-state index in [1.807, 2.05) is 0 Å². The van der Waals surface area contributed by atoms with Crippen LogP contribution in [-0.2, 0) is 0 Å². The lowest BCUT2D eigenvalue weighted by Gasteiger charge is -2.17. The van der Waals surface area contributed by atoms with E-state index < -0.39 is 0 Å². The van der Waals surface area contributed by atoms with Gasteiger partial charge in [0.25, 0.3) is 0 Å². The molecule has 0 saturated carbocycles. The Morgan fingerprint density at radius 1 is 1.45 bits per heavy atom. The molecule has 0 fully saturated rings. The maximum Gasteiger partial charge on any atom is 0.0437 e. The van der Waals surface area contributed by atoms with Crippen LogP contribution in [0.3, 0.4) is 0 Å². The summed E-state index contributed by atoms with van der Waals surface area (Å²) in [4.78, 5) is 4.38. The molecular formula is C8H17N3. The van der Waals surface area contributed by atoms with Crippen molar-refractivity contribution < 1.29 is 0 Å².